The van der Waals surface area contributed by atoms with Crippen molar-refractivity contribution in [2.24, 2.45) is 0 Å². The first-order chi connectivity index (χ1) is 24.0. The molecule has 2 aliphatic heterocycles. The molecule has 0 spiro atoms. The van der Waals surface area contributed by atoms with Gasteiger partial charge in [0.1, 0.15) is 17.4 Å². The van der Waals surface area contributed by atoms with Crippen LogP contribution < -0.4 is 15.6 Å². The van der Waals surface area contributed by atoms with E-state index in [9.17, 15) is 14.0 Å². The van der Waals surface area contributed by atoms with E-state index >= 15 is 0 Å². The average Bonchev–Trinajstić information content (AvgIpc) is 3.95. The van der Waals surface area contributed by atoms with Gasteiger partial charge in [-0.15, -0.1) is 11.3 Å². The number of amides is 1. The Labute approximate surface area is 284 Å². The predicted octanol–water partition coefficient (Wildman–Crippen LogP) is 7.63. The maximum absolute atomic E-state index is 14.2. The number of aromatic nitrogens is 3. The third-order valence-electron chi connectivity index (χ3n) is 10.1. The van der Waals surface area contributed by atoms with Crippen LogP contribution in [0.3, 0.4) is 0 Å². The van der Waals surface area contributed by atoms with E-state index in [1.807, 2.05) is 23.1 Å². The molecule has 4 aromatic heterocycles. The van der Waals surface area contributed by atoms with Crippen molar-refractivity contribution in [1.29, 1.82) is 0 Å². The van der Waals surface area contributed by atoms with Gasteiger partial charge in [-0.2, -0.15) is 5.16 Å². The van der Waals surface area contributed by atoms with Crippen LogP contribution in [0, 0.1) is 5.82 Å². The zero-order chi connectivity index (χ0) is 33.2. The van der Waals surface area contributed by atoms with E-state index in [0.29, 0.717) is 36.3 Å². The Kier molecular flexibility index (Phi) is 7.12. The molecule has 9 rings (SSSR count). The number of aryl methyl sites for hydroxylation is 2. The highest BCUT2D eigenvalue weighted by molar-refractivity contribution is 7.23. The molecule has 3 aliphatic rings. The van der Waals surface area contributed by atoms with Crippen LogP contribution in [-0.2, 0) is 19.3 Å². The van der Waals surface area contributed by atoms with E-state index in [1.165, 1.54) is 29.3 Å². The third kappa shape index (κ3) is 4.94. The number of thiophene rings is 1. The number of H-pyrrole nitrogens is 1. The second-order valence-electron chi connectivity index (χ2n) is 12.9. The minimum Gasteiger partial charge on any atom is -0.496 e. The summed E-state index contributed by atoms with van der Waals surface area (Å²) >= 11 is 1.57. The first kappa shape index (κ1) is 29.8. The molecule has 0 radical (unpaired) electrons. The van der Waals surface area contributed by atoms with E-state index < -0.39 is 0 Å². The number of carbonyl (C=O) groups excluding carboxylic acids is 1. The number of pyridine rings is 2. The smallest absolute Gasteiger partial charge is 0.280 e. The molecule has 1 aliphatic carbocycles. The molecule has 49 heavy (non-hydrogen) atoms. The van der Waals surface area contributed by atoms with Crippen molar-refractivity contribution >= 4 is 33.1 Å². The average molecular weight is 674 g/mol. The number of fused-ring (bicyclic) bond motifs is 5. The van der Waals surface area contributed by atoms with E-state index in [1.54, 1.807) is 36.8 Å². The minimum atomic E-state index is -0.376. The molecular weight excluding hydrogens is 642 g/mol. The van der Waals surface area contributed by atoms with Gasteiger partial charge in [0.25, 0.3) is 11.5 Å². The number of ether oxygens (including phenoxy) is 1. The highest BCUT2D eigenvalue weighted by atomic mass is 32.1. The molecule has 1 amide bonds. The molecule has 0 bridgehead atoms. The molecule has 2 aromatic carbocycles. The van der Waals surface area contributed by atoms with Crippen molar-refractivity contribution in [3.8, 4) is 27.5 Å². The van der Waals surface area contributed by atoms with Gasteiger partial charge in [-0.05, 0) is 90.9 Å². The largest absolute Gasteiger partial charge is 0.496 e. The topological polar surface area (TPSA) is 113 Å². The number of hydrogen-bond acceptors (Lipinski definition) is 8. The minimum absolute atomic E-state index is 0.0466. The number of aromatic amines is 1. The standard InChI is InChI=1S/C38H32FN5O4S/c1-47-28-6-2-4-23-24(28)12-14-25(23)42-37-36-21(15-16-40-37)18-30(49-36)33-32(29-19-31(45)43-48-29)26(13-9-20-7-10-22(39)11-8-20)41-35-27-5-3-17-44(27)38(46)34(33)35/h2,4,6-8,10-11,15-16,18-19,25,27H,3,5,9,12-14,17H2,1H3,(H,40,42)(H,43,45)/t25-,27-/m1/s1. The Morgan fingerprint density at radius 2 is 1.94 bits per heavy atom. The van der Waals surface area contributed by atoms with E-state index in [2.05, 4.69) is 22.6 Å². The van der Waals surface area contributed by atoms with Crippen molar-refractivity contribution in [3.63, 3.8) is 0 Å². The summed E-state index contributed by atoms with van der Waals surface area (Å²) in [5.41, 5.74) is 6.44. The third-order valence-corrected chi connectivity index (χ3v) is 11.3. The quantitative estimate of drug-likeness (QED) is 0.171. The zero-order valence-corrected chi connectivity index (χ0v) is 27.5. The van der Waals surface area contributed by atoms with Gasteiger partial charge in [0.2, 0.25) is 0 Å². The van der Waals surface area contributed by atoms with Gasteiger partial charge in [0.05, 0.1) is 52.5 Å². The van der Waals surface area contributed by atoms with E-state index in [-0.39, 0.29) is 29.4 Å². The second-order valence-corrected chi connectivity index (χ2v) is 13.9. The Bertz CT molecular complexity index is 2330. The molecule has 11 heteroatoms. The summed E-state index contributed by atoms with van der Waals surface area (Å²) in [6.45, 7) is 0.677. The molecular formula is C38H32FN5O4S. The number of carbonyl (C=O) groups is 1. The molecule has 9 nitrogen and oxygen atoms in total. The van der Waals surface area contributed by atoms with Crippen LogP contribution in [0.4, 0.5) is 10.2 Å². The number of nitrogens with zero attached hydrogens (tertiary/aromatic N) is 3. The van der Waals surface area contributed by atoms with Crippen molar-refractivity contribution in [3.05, 3.63) is 117 Å². The fraction of sp³-hybridized carbons (Fsp3) is 0.263. The Balaban J connectivity index is 1.20. The van der Waals surface area contributed by atoms with Gasteiger partial charge < -0.3 is 19.5 Å². The lowest BCUT2D eigenvalue weighted by molar-refractivity contribution is 0.0776. The summed E-state index contributed by atoms with van der Waals surface area (Å²) < 4.78 is 26.1. The van der Waals surface area contributed by atoms with Crippen LogP contribution >= 0.6 is 11.3 Å². The van der Waals surface area contributed by atoms with Gasteiger partial charge in [-0.3, -0.25) is 14.6 Å². The lowest BCUT2D eigenvalue weighted by Crippen LogP contribution is -2.22. The maximum Gasteiger partial charge on any atom is 0.280 e. The van der Waals surface area contributed by atoms with Crippen LogP contribution in [-0.4, -0.2) is 39.6 Å². The van der Waals surface area contributed by atoms with E-state index in [4.69, 9.17) is 19.2 Å². The van der Waals surface area contributed by atoms with Crippen molar-refractivity contribution in [1.82, 2.24) is 20.0 Å². The maximum atomic E-state index is 14.2. The van der Waals surface area contributed by atoms with Gasteiger partial charge in [0.15, 0.2) is 5.76 Å². The fourth-order valence-corrected chi connectivity index (χ4v) is 9.05. The lowest BCUT2D eigenvalue weighted by atomic mass is 9.92. The Hall–Kier alpha value is -5.29. The number of rotatable bonds is 8. The Morgan fingerprint density at radius 1 is 1.06 bits per heavy atom. The van der Waals surface area contributed by atoms with Crippen LogP contribution in [0.15, 0.2) is 76.2 Å². The summed E-state index contributed by atoms with van der Waals surface area (Å²) in [6.07, 6.45) is 6.50. The molecule has 0 saturated carbocycles. The molecule has 2 N–H and O–H groups in total. The van der Waals surface area contributed by atoms with Crippen LogP contribution in [0.5, 0.6) is 5.75 Å². The summed E-state index contributed by atoms with van der Waals surface area (Å²) in [5.74, 6) is 1.67. The molecule has 6 aromatic rings. The summed E-state index contributed by atoms with van der Waals surface area (Å²) in [5, 5.41) is 7.15. The number of hydrogen-bond donors (Lipinski definition) is 2. The highest BCUT2D eigenvalue weighted by Gasteiger charge is 2.44. The van der Waals surface area contributed by atoms with E-state index in [0.717, 1.165) is 74.7 Å². The van der Waals surface area contributed by atoms with Crippen LogP contribution in [0.25, 0.3) is 31.9 Å². The number of halogens is 1. The normalized spacial score (nSPS) is 17.8. The zero-order valence-electron chi connectivity index (χ0n) is 26.7. The van der Waals surface area contributed by atoms with Crippen LogP contribution in [0.2, 0.25) is 0 Å². The Morgan fingerprint density at radius 3 is 2.76 bits per heavy atom. The van der Waals surface area contributed by atoms with Crippen molar-refractivity contribution in [2.75, 3.05) is 19.0 Å². The SMILES string of the molecule is COc1cccc2c1CC[C@H]2Nc1nccc2cc(-c3c4c(nc(CCc5ccc(F)cc5)c3-c3cc(=O)[nH]o3)[C@H]3CCCN3C4=O)sc12. The summed E-state index contributed by atoms with van der Waals surface area (Å²) in [4.78, 5) is 39.4. The fourth-order valence-electron chi connectivity index (χ4n) is 7.88. The molecule has 0 unspecified atom stereocenters. The lowest BCUT2D eigenvalue weighted by Gasteiger charge is -2.17. The molecule has 1 saturated heterocycles. The number of methoxy groups -OCH3 is 1. The molecule has 2 atom stereocenters. The van der Waals surface area contributed by atoms with Gasteiger partial charge in [0, 0.05) is 23.2 Å². The second kappa shape index (κ2) is 11.7. The molecule has 1 fully saturated rings. The van der Waals surface area contributed by atoms with Crippen molar-refractivity contribution in [2.45, 2.75) is 50.6 Å². The monoisotopic (exact) mass is 673 g/mol. The molecule has 6 heterocycles. The van der Waals surface area contributed by atoms with Gasteiger partial charge >= 0.3 is 0 Å². The van der Waals surface area contributed by atoms with Gasteiger partial charge in [-0.1, -0.05) is 24.3 Å². The summed E-state index contributed by atoms with van der Waals surface area (Å²) in [6, 6.07) is 18.1. The molecule has 246 valence electrons. The summed E-state index contributed by atoms with van der Waals surface area (Å²) in [7, 11) is 1.71. The first-order valence-electron chi connectivity index (χ1n) is 16.6. The van der Waals surface area contributed by atoms with Crippen LogP contribution in [0.1, 0.15) is 69.8 Å². The first-order valence-corrected chi connectivity index (χ1v) is 17.4. The van der Waals surface area contributed by atoms with Crippen molar-refractivity contribution < 1.29 is 18.4 Å². The predicted molar refractivity (Wildman–Crippen MR) is 186 cm³/mol. The number of anilines is 1. The number of benzene rings is 2. The van der Waals surface area contributed by atoms with Gasteiger partial charge in [-0.25, -0.2) is 9.37 Å². The highest BCUT2D eigenvalue weighted by Crippen LogP contribution is 2.51. The number of nitrogens with one attached hydrogen (secondary N) is 2.